The first kappa shape index (κ1) is 17.3. The van der Waals surface area contributed by atoms with Crippen molar-refractivity contribution in [1.82, 2.24) is 9.97 Å². The fourth-order valence-corrected chi connectivity index (χ4v) is 3.63. The van der Waals surface area contributed by atoms with E-state index in [0.29, 0.717) is 0 Å². The molecule has 0 spiro atoms. The van der Waals surface area contributed by atoms with E-state index in [0.717, 1.165) is 34.4 Å². The van der Waals surface area contributed by atoms with E-state index in [2.05, 4.69) is 78.9 Å². The van der Waals surface area contributed by atoms with Crippen LogP contribution in [0.3, 0.4) is 0 Å². The predicted octanol–water partition coefficient (Wildman–Crippen LogP) is 6.55. The highest BCUT2D eigenvalue weighted by atomic mass is 14.9. The summed E-state index contributed by atoms with van der Waals surface area (Å²) in [5.41, 5.74) is 6.79. The van der Waals surface area contributed by atoms with Gasteiger partial charge in [-0.25, -0.2) is 9.97 Å². The van der Waals surface area contributed by atoms with E-state index in [4.69, 9.17) is 9.97 Å². The molecular formula is C27H20N2. The van der Waals surface area contributed by atoms with Crippen molar-refractivity contribution in [3.63, 3.8) is 0 Å². The topological polar surface area (TPSA) is 25.8 Å². The molecule has 0 saturated carbocycles. The molecule has 0 aliphatic carbocycles. The van der Waals surface area contributed by atoms with Crippen LogP contribution in [0.15, 0.2) is 109 Å². The van der Waals surface area contributed by atoms with Gasteiger partial charge in [0.15, 0.2) is 5.82 Å². The highest BCUT2D eigenvalue weighted by Crippen LogP contribution is 2.25. The van der Waals surface area contributed by atoms with Crippen LogP contribution in [0.5, 0.6) is 0 Å². The largest absolute Gasteiger partial charge is 0.232 e. The van der Waals surface area contributed by atoms with Crippen LogP contribution in [0.4, 0.5) is 0 Å². The summed E-state index contributed by atoms with van der Waals surface area (Å²) in [7, 11) is 0. The number of para-hydroxylation sites is 1. The van der Waals surface area contributed by atoms with Gasteiger partial charge in [-0.1, -0.05) is 103 Å². The monoisotopic (exact) mass is 372 g/mol. The molecule has 5 aromatic rings. The summed E-state index contributed by atoms with van der Waals surface area (Å²) in [6.45, 7) is 0. The van der Waals surface area contributed by atoms with Crippen LogP contribution in [0.2, 0.25) is 0 Å². The number of benzene rings is 4. The molecule has 0 unspecified atom stereocenters. The lowest BCUT2D eigenvalue weighted by Crippen LogP contribution is -1.99. The van der Waals surface area contributed by atoms with Gasteiger partial charge in [0.05, 0.1) is 11.2 Å². The van der Waals surface area contributed by atoms with Crippen LogP contribution in [0.1, 0.15) is 11.3 Å². The van der Waals surface area contributed by atoms with Crippen molar-refractivity contribution in [2.24, 2.45) is 0 Å². The van der Waals surface area contributed by atoms with Crippen molar-refractivity contribution in [2.75, 3.05) is 0 Å². The first-order valence-electron chi connectivity index (χ1n) is 9.82. The first-order valence-corrected chi connectivity index (χ1v) is 9.82. The highest BCUT2D eigenvalue weighted by Gasteiger charge is 2.10. The molecule has 2 heteroatoms. The molecule has 0 saturated heterocycles. The number of hydrogen-bond acceptors (Lipinski definition) is 2. The molecule has 2 nitrogen and oxygen atoms in total. The lowest BCUT2D eigenvalue weighted by molar-refractivity contribution is 1.07. The fraction of sp³-hybridized carbons (Fsp3) is 0.0370. The molecule has 1 heterocycles. The normalized spacial score (nSPS) is 10.9. The Morgan fingerprint density at radius 2 is 1.07 bits per heavy atom. The van der Waals surface area contributed by atoms with E-state index in [1.54, 1.807) is 0 Å². The smallest absolute Gasteiger partial charge is 0.160 e. The van der Waals surface area contributed by atoms with Gasteiger partial charge in [-0.3, -0.25) is 0 Å². The Labute approximate surface area is 170 Å². The second-order valence-electron chi connectivity index (χ2n) is 7.12. The minimum atomic E-state index is 0.776. The van der Waals surface area contributed by atoms with Crippen molar-refractivity contribution >= 4 is 10.9 Å². The van der Waals surface area contributed by atoms with Gasteiger partial charge in [-0.05, 0) is 22.8 Å². The zero-order valence-corrected chi connectivity index (χ0v) is 16.0. The van der Waals surface area contributed by atoms with Crippen LogP contribution in [0, 0.1) is 0 Å². The summed E-state index contributed by atoms with van der Waals surface area (Å²) >= 11 is 0. The molecule has 0 radical (unpaired) electrons. The molecule has 0 atom stereocenters. The van der Waals surface area contributed by atoms with Gasteiger partial charge in [0.25, 0.3) is 0 Å². The molecular weight excluding hydrogens is 352 g/mol. The Balaban J connectivity index is 1.53. The highest BCUT2D eigenvalue weighted by molar-refractivity contribution is 5.83. The van der Waals surface area contributed by atoms with Gasteiger partial charge in [-0.15, -0.1) is 0 Å². The average molecular weight is 372 g/mol. The zero-order valence-electron chi connectivity index (χ0n) is 16.0. The maximum atomic E-state index is 4.94. The Morgan fingerprint density at radius 1 is 0.483 bits per heavy atom. The van der Waals surface area contributed by atoms with Gasteiger partial charge in [0.2, 0.25) is 0 Å². The Hall–Kier alpha value is -3.78. The van der Waals surface area contributed by atoms with Gasteiger partial charge < -0.3 is 0 Å². The third kappa shape index (κ3) is 3.65. The molecule has 0 N–H and O–H groups in total. The minimum absolute atomic E-state index is 0.776. The van der Waals surface area contributed by atoms with Crippen LogP contribution < -0.4 is 0 Å². The lowest BCUT2D eigenvalue weighted by atomic mass is 10.0. The van der Waals surface area contributed by atoms with E-state index in [1.165, 1.54) is 16.7 Å². The Morgan fingerprint density at radius 3 is 1.79 bits per heavy atom. The second kappa shape index (κ2) is 7.69. The van der Waals surface area contributed by atoms with Crippen molar-refractivity contribution in [1.29, 1.82) is 0 Å². The second-order valence-corrected chi connectivity index (χ2v) is 7.12. The third-order valence-electron chi connectivity index (χ3n) is 5.15. The van der Waals surface area contributed by atoms with E-state index < -0.39 is 0 Å². The van der Waals surface area contributed by atoms with Crippen molar-refractivity contribution < 1.29 is 0 Å². The van der Waals surface area contributed by atoms with Crippen molar-refractivity contribution in [3.05, 3.63) is 120 Å². The van der Waals surface area contributed by atoms with Gasteiger partial charge in [0.1, 0.15) is 0 Å². The average Bonchev–Trinajstić information content (AvgIpc) is 2.81. The molecule has 29 heavy (non-hydrogen) atoms. The molecule has 0 amide bonds. The Bertz CT molecular complexity index is 1240. The van der Waals surface area contributed by atoms with Gasteiger partial charge >= 0.3 is 0 Å². The van der Waals surface area contributed by atoms with Crippen molar-refractivity contribution in [3.8, 4) is 22.5 Å². The lowest BCUT2D eigenvalue weighted by Gasteiger charge is -2.10. The van der Waals surface area contributed by atoms with E-state index in [1.807, 2.05) is 30.3 Å². The van der Waals surface area contributed by atoms with Crippen molar-refractivity contribution in [2.45, 2.75) is 6.42 Å². The van der Waals surface area contributed by atoms with E-state index in [-0.39, 0.29) is 0 Å². The quantitative estimate of drug-likeness (QED) is 0.357. The zero-order chi connectivity index (χ0) is 19.5. The molecule has 0 aliphatic heterocycles. The third-order valence-corrected chi connectivity index (χ3v) is 5.15. The standard InChI is InChI=1S/C27H20N2/c1-3-9-21(10-4-1)22-17-15-20(16-18-22)19-26-24-13-7-8-14-25(24)28-27(29-26)23-11-5-2-6-12-23/h1-18H,19H2. The van der Waals surface area contributed by atoms with Crippen LogP contribution in [-0.2, 0) is 6.42 Å². The summed E-state index contributed by atoms with van der Waals surface area (Å²) in [6, 6.07) is 37.7. The summed E-state index contributed by atoms with van der Waals surface area (Å²) in [6.07, 6.45) is 0.776. The number of aromatic nitrogens is 2. The maximum Gasteiger partial charge on any atom is 0.160 e. The molecule has 4 aromatic carbocycles. The van der Waals surface area contributed by atoms with Gasteiger partial charge in [0, 0.05) is 17.4 Å². The summed E-state index contributed by atoms with van der Waals surface area (Å²) < 4.78 is 0. The summed E-state index contributed by atoms with van der Waals surface area (Å²) in [4.78, 5) is 9.73. The number of rotatable bonds is 4. The maximum absolute atomic E-state index is 4.94. The SMILES string of the molecule is c1ccc(-c2ccc(Cc3nc(-c4ccccc4)nc4ccccc34)cc2)cc1. The first-order chi connectivity index (χ1) is 14.4. The number of nitrogens with zero attached hydrogens (tertiary/aromatic N) is 2. The molecule has 1 aromatic heterocycles. The predicted molar refractivity (Wildman–Crippen MR) is 120 cm³/mol. The fourth-order valence-electron chi connectivity index (χ4n) is 3.63. The number of fused-ring (bicyclic) bond motifs is 1. The molecule has 0 fully saturated rings. The van der Waals surface area contributed by atoms with Crippen LogP contribution in [0.25, 0.3) is 33.4 Å². The Kier molecular flexibility index (Phi) is 4.59. The van der Waals surface area contributed by atoms with Gasteiger partial charge in [-0.2, -0.15) is 0 Å². The molecule has 138 valence electrons. The number of hydrogen-bond donors (Lipinski definition) is 0. The summed E-state index contributed by atoms with van der Waals surface area (Å²) in [5, 5.41) is 1.11. The summed E-state index contributed by atoms with van der Waals surface area (Å²) in [5.74, 6) is 0.778. The minimum Gasteiger partial charge on any atom is -0.232 e. The van der Waals surface area contributed by atoms with E-state index >= 15 is 0 Å². The van der Waals surface area contributed by atoms with E-state index in [9.17, 15) is 0 Å². The van der Waals surface area contributed by atoms with Crippen LogP contribution >= 0.6 is 0 Å². The molecule has 0 bridgehead atoms. The molecule has 0 aliphatic rings. The van der Waals surface area contributed by atoms with Crippen LogP contribution in [-0.4, -0.2) is 9.97 Å². The molecule has 5 rings (SSSR count).